The first kappa shape index (κ1) is 25.2. The quantitative estimate of drug-likeness (QED) is 0.489. The molecule has 1 aromatic heterocycles. The fourth-order valence-electron chi connectivity index (χ4n) is 5.07. The number of sulfonamides is 1. The second kappa shape index (κ2) is 10.5. The van der Waals surface area contributed by atoms with Crippen LogP contribution in [0.5, 0.6) is 0 Å². The van der Waals surface area contributed by atoms with Gasteiger partial charge in [-0.3, -0.25) is 0 Å². The van der Waals surface area contributed by atoms with E-state index in [9.17, 15) is 13.7 Å². The Morgan fingerprint density at radius 1 is 1.03 bits per heavy atom. The number of piperidine rings is 1. The first-order valence-corrected chi connectivity index (χ1v) is 14.2. The van der Waals surface area contributed by atoms with E-state index in [0.717, 1.165) is 43.0 Å². The maximum absolute atomic E-state index is 13.6. The van der Waals surface area contributed by atoms with Crippen molar-refractivity contribution in [3.8, 4) is 6.07 Å². The SMILES string of the molecule is CC1CCN(c2nc(N(C)Cc3ccccc3)nc3c2CN(S(=O)(=O)c2ccccc2C#N)CC3)CC1. The summed E-state index contributed by atoms with van der Waals surface area (Å²) in [6.07, 6.45) is 2.65. The average molecular weight is 517 g/mol. The Morgan fingerprint density at radius 2 is 1.73 bits per heavy atom. The van der Waals surface area contributed by atoms with Crippen LogP contribution >= 0.6 is 0 Å². The van der Waals surface area contributed by atoms with Crippen LogP contribution in [0.3, 0.4) is 0 Å². The normalized spacial score (nSPS) is 16.7. The van der Waals surface area contributed by atoms with E-state index < -0.39 is 10.0 Å². The molecule has 9 heteroatoms. The first-order chi connectivity index (χ1) is 17.9. The molecule has 0 N–H and O–H groups in total. The second-order valence-electron chi connectivity index (χ2n) is 9.98. The molecule has 0 aliphatic carbocycles. The van der Waals surface area contributed by atoms with Crippen LogP contribution in [-0.2, 0) is 29.5 Å². The van der Waals surface area contributed by atoms with Crippen LogP contribution in [0.4, 0.5) is 11.8 Å². The molecule has 0 saturated carbocycles. The maximum Gasteiger partial charge on any atom is 0.244 e. The monoisotopic (exact) mass is 516 g/mol. The smallest absolute Gasteiger partial charge is 0.244 e. The lowest BCUT2D eigenvalue weighted by atomic mass is 9.98. The zero-order valence-electron chi connectivity index (χ0n) is 21.3. The van der Waals surface area contributed by atoms with E-state index in [-0.39, 0.29) is 17.0 Å². The van der Waals surface area contributed by atoms with Gasteiger partial charge in [-0.1, -0.05) is 49.4 Å². The molecule has 0 atom stereocenters. The predicted octanol–water partition coefficient (Wildman–Crippen LogP) is 3.97. The molecule has 3 heterocycles. The van der Waals surface area contributed by atoms with Crippen LogP contribution < -0.4 is 9.80 Å². The van der Waals surface area contributed by atoms with E-state index in [1.165, 1.54) is 15.9 Å². The highest BCUT2D eigenvalue weighted by molar-refractivity contribution is 7.89. The molecule has 0 unspecified atom stereocenters. The Kier molecular flexibility index (Phi) is 7.13. The molecule has 2 aliphatic rings. The van der Waals surface area contributed by atoms with Gasteiger partial charge >= 0.3 is 0 Å². The Bertz CT molecular complexity index is 1410. The molecule has 8 nitrogen and oxygen atoms in total. The van der Waals surface area contributed by atoms with Crippen LogP contribution in [0.15, 0.2) is 59.5 Å². The summed E-state index contributed by atoms with van der Waals surface area (Å²) in [5, 5.41) is 9.50. The zero-order valence-corrected chi connectivity index (χ0v) is 22.2. The third-order valence-corrected chi connectivity index (χ3v) is 9.21. The number of hydrogen-bond donors (Lipinski definition) is 0. The highest BCUT2D eigenvalue weighted by atomic mass is 32.2. The fraction of sp³-hybridized carbons (Fsp3) is 0.393. The summed E-state index contributed by atoms with van der Waals surface area (Å²) < 4.78 is 28.7. The van der Waals surface area contributed by atoms with Gasteiger partial charge in [-0.25, -0.2) is 13.4 Å². The van der Waals surface area contributed by atoms with Crippen molar-refractivity contribution in [2.45, 2.75) is 44.2 Å². The lowest BCUT2D eigenvalue weighted by Crippen LogP contribution is -2.40. The van der Waals surface area contributed by atoms with Gasteiger partial charge in [0.05, 0.1) is 16.2 Å². The summed E-state index contributed by atoms with van der Waals surface area (Å²) >= 11 is 0. The molecule has 0 spiro atoms. The van der Waals surface area contributed by atoms with Crippen LogP contribution in [0.1, 0.15) is 42.1 Å². The number of rotatable bonds is 6. The Hall–Kier alpha value is -3.48. The van der Waals surface area contributed by atoms with Crippen molar-refractivity contribution < 1.29 is 8.42 Å². The number of fused-ring (bicyclic) bond motifs is 1. The van der Waals surface area contributed by atoms with Gasteiger partial charge in [0.1, 0.15) is 11.9 Å². The van der Waals surface area contributed by atoms with Crippen molar-refractivity contribution >= 4 is 21.8 Å². The summed E-state index contributed by atoms with van der Waals surface area (Å²) in [7, 11) is -1.85. The summed E-state index contributed by atoms with van der Waals surface area (Å²) in [5.74, 6) is 2.15. The minimum atomic E-state index is -3.84. The van der Waals surface area contributed by atoms with Crippen LogP contribution in [-0.4, -0.2) is 49.4 Å². The van der Waals surface area contributed by atoms with Crippen LogP contribution in [0.25, 0.3) is 0 Å². The third kappa shape index (κ3) is 5.17. The van der Waals surface area contributed by atoms with E-state index in [1.54, 1.807) is 18.2 Å². The molecule has 0 amide bonds. The van der Waals surface area contributed by atoms with Crippen LogP contribution in [0, 0.1) is 17.2 Å². The van der Waals surface area contributed by atoms with E-state index in [0.29, 0.717) is 31.4 Å². The van der Waals surface area contributed by atoms with Gasteiger partial charge < -0.3 is 9.80 Å². The molecule has 1 saturated heterocycles. The number of nitrogens with zero attached hydrogens (tertiary/aromatic N) is 6. The molecule has 0 radical (unpaired) electrons. The summed E-state index contributed by atoms with van der Waals surface area (Å²) in [5.41, 5.74) is 3.11. The molecule has 2 aromatic carbocycles. The molecular weight excluding hydrogens is 484 g/mol. The minimum Gasteiger partial charge on any atom is -0.356 e. The van der Waals surface area contributed by atoms with Gasteiger partial charge in [-0.15, -0.1) is 0 Å². The van der Waals surface area contributed by atoms with Gasteiger partial charge in [-0.2, -0.15) is 14.6 Å². The number of anilines is 2. The summed E-state index contributed by atoms with van der Waals surface area (Å²) in [4.78, 5) is 14.3. The van der Waals surface area contributed by atoms with Gasteiger partial charge in [-0.05, 0) is 36.5 Å². The topological polar surface area (TPSA) is 93.4 Å². The molecule has 0 bridgehead atoms. The standard InChI is InChI=1S/C28H32N6O2S/c1-21-12-15-33(16-13-21)27-24-20-34(37(35,36)26-11-7-6-10-23(26)18-29)17-14-25(24)30-28(31-27)32(2)19-22-8-4-3-5-9-22/h3-11,21H,12-17,19-20H2,1-2H3. The van der Waals surface area contributed by atoms with Crippen molar-refractivity contribution in [1.82, 2.24) is 14.3 Å². The average Bonchev–Trinajstić information content (AvgIpc) is 2.93. The van der Waals surface area contributed by atoms with Gasteiger partial charge in [0.2, 0.25) is 16.0 Å². The number of nitriles is 1. The van der Waals surface area contributed by atoms with E-state index in [4.69, 9.17) is 9.97 Å². The second-order valence-corrected chi connectivity index (χ2v) is 11.9. The molecule has 3 aromatic rings. The number of benzene rings is 2. The number of aromatic nitrogens is 2. The summed E-state index contributed by atoms with van der Waals surface area (Å²) in [6, 6.07) is 18.6. The van der Waals surface area contributed by atoms with Crippen molar-refractivity contribution in [3.05, 3.63) is 77.0 Å². The molecule has 192 valence electrons. The maximum atomic E-state index is 13.6. The molecule has 5 rings (SSSR count). The van der Waals surface area contributed by atoms with Gasteiger partial charge in [0, 0.05) is 51.8 Å². The van der Waals surface area contributed by atoms with E-state index in [1.807, 2.05) is 31.3 Å². The highest BCUT2D eigenvalue weighted by Gasteiger charge is 2.34. The highest BCUT2D eigenvalue weighted by Crippen LogP contribution is 2.34. The van der Waals surface area contributed by atoms with E-state index in [2.05, 4.69) is 28.9 Å². The minimum absolute atomic E-state index is 0.0504. The lowest BCUT2D eigenvalue weighted by molar-refractivity contribution is 0.384. The Labute approximate surface area is 219 Å². The lowest BCUT2D eigenvalue weighted by Gasteiger charge is -2.36. The first-order valence-electron chi connectivity index (χ1n) is 12.8. The molecular formula is C28H32N6O2S. The van der Waals surface area contributed by atoms with Crippen molar-refractivity contribution in [3.63, 3.8) is 0 Å². The number of hydrogen-bond acceptors (Lipinski definition) is 7. The Morgan fingerprint density at radius 3 is 2.46 bits per heavy atom. The van der Waals surface area contributed by atoms with E-state index >= 15 is 0 Å². The largest absolute Gasteiger partial charge is 0.356 e. The fourth-order valence-corrected chi connectivity index (χ4v) is 6.62. The Balaban J connectivity index is 1.51. The van der Waals surface area contributed by atoms with Gasteiger partial charge in [0.15, 0.2) is 0 Å². The third-order valence-electron chi connectivity index (χ3n) is 7.30. The van der Waals surface area contributed by atoms with Crippen molar-refractivity contribution in [1.29, 1.82) is 5.26 Å². The van der Waals surface area contributed by atoms with Crippen molar-refractivity contribution in [2.75, 3.05) is 36.5 Å². The predicted molar refractivity (Wildman–Crippen MR) is 144 cm³/mol. The van der Waals surface area contributed by atoms with Gasteiger partial charge in [0.25, 0.3) is 0 Å². The molecule has 1 fully saturated rings. The van der Waals surface area contributed by atoms with Crippen molar-refractivity contribution in [2.24, 2.45) is 5.92 Å². The van der Waals surface area contributed by atoms with Crippen LogP contribution in [0.2, 0.25) is 0 Å². The molecule has 2 aliphatic heterocycles. The summed E-state index contributed by atoms with van der Waals surface area (Å²) in [6.45, 7) is 5.23. The molecule has 37 heavy (non-hydrogen) atoms. The zero-order chi connectivity index (χ0) is 26.0.